The zero-order chi connectivity index (χ0) is 23.2. The van der Waals surface area contributed by atoms with Crippen LogP contribution in [0.5, 0.6) is 0 Å². The molecular formula is C30H38O3. The molecule has 0 aromatic heterocycles. The molecule has 0 heterocycles. The first kappa shape index (κ1) is 25.2. The second kappa shape index (κ2) is 13.9. The highest BCUT2D eigenvalue weighted by Gasteiger charge is 2.37. The predicted octanol–water partition coefficient (Wildman–Crippen LogP) is 6.73. The number of rotatable bonds is 15. The molecule has 1 N–H and O–H groups in total. The van der Waals surface area contributed by atoms with Crippen molar-refractivity contribution < 1.29 is 14.6 Å². The van der Waals surface area contributed by atoms with Gasteiger partial charge in [-0.2, -0.15) is 0 Å². The molecule has 3 nitrogen and oxygen atoms in total. The largest absolute Gasteiger partial charge is 0.388 e. The standard InChI is InChI=1S/C30H38O3/c1-2-3-4-5-6-16-23-32-24-29(31)25-33-30(26-17-10-7-11-18-26,27-19-12-8-13-20-27)28-21-14-9-15-22-28/h7-15,17-22,29,31H,2-6,16,23-25H2,1H3. The van der Waals surface area contributed by atoms with E-state index in [4.69, 9.17) is 9.47 Å². The van der Waals surface area contributed by atoms with Gasteiger partial charge in [0, 0.05) is 6.61 Å². The molecule has 3 aromatic carbocycles. The van der Waals surface area contributed by atoms with Gasteiger partial charge in [-0.25, -0.2) is 0 Å². The second-order valence-electron chi connectivity index (χ2n) is 8.59. The summed E-state index contributed by atoms with van der Waals surface area (Å²) in [4.78, 5) is 0. The van der Waals surface area contributed by atoms with Crippen LogP contribution in [0.1, 0.15) is 62.1 Å². The van der Waals surface area contributed by atoms with Crippen LogP contribution in [0, 0.1) is 0 Å². The maximum absolute atomic E-state index is 10.7. The average Bonchev–Trinajstić information content (AvgIpc) is 2.88. The molecule has 176 valence electrons. The van der Waals surface area contributed by atoms with E-state index in [0.29, 0.717) is 6.61 Å². The molecule has 0 saturated carbocycles. The smallest absolute Gasteiger partial charge is 0.143 e. The summed E-state index contributed by atoms with van der Waals surface area (Å²) in [7, 11) is 0. The zero-order valence-electron chi connectivity index (χ0n) is 19.9. The lowest BCUT2D eigenvalue weighted by Gasteiger charge is -2.36. The van der Waals surface area contributed by atoms with Gasteiger partial charge in [-0.15, -0.1) is 0 Å². The predicted molar refractivity (Wildman–Crippen MR) is 135 cm³/mol. The van der Waals surface area contributed by atoms with Gasteiger partial charge < -0.3 is 14.6 Å². The molecule has 1 atom stereocenters. The van der Waals surface area contributed by atoms with Gasteiger partial charge in [-0.1, -0.05) is 130 Å². The van der Waals surface area contributed by atoms with Crippen LogP contribution in [0.15, 0.2) is 91.0 Å². The number of aliphatic hydroxyl groups is 1. The fraction of sp³-hybridized carbons (Fsp3) is 0.400. The minimum atomic E-state index is -0.815. The third-order valence-electron chi connectivity index (χ3n) is 5.99. The number of unbranched alkanes of at least 4 members (excludes halogenated alkanes) is 5. The van der Waals surface area contributed by atoms with Crippen LogP contribution in [0.2, 0.25) is 0 Å². The molecule has 3 heteroatoms. The molecule has 33 heavy (non-hydrogen) atoms. The molecule has 0 fully saturated rings. The summed E-state index contributed by atoms with van der Waals surface area (Å²) in [6.07, 6.45) is 6.66. The third kappa shape index (κ3) is 7.26. The number of ether oxygens (including phenoxy) is 2. The molecule has 0 amide bonds. The summed E-state index contributed by atoms with van der Waals surface area (Å²) in [5, 5.41) is 10.7. The molecule has 0 aliphatic carbocycles. The van der Waals surface area contributed by atoms with E-state index in [-0.39, 0.29) is 13.2 Å². The summed E-state index contributed by atoms with van der Waals surface area (Å²) in [6.45, 7) is 3.37. The summed E-state index contributed by atoms with van der Waals surface area (Å²) in [5.74, 6) is 0. The molecule has 3 aromatic rings. The van der Waals surface area contributed by atoms with E-state index in [2.05, 4.69) is 43.3 Å². The van der Waals surface area contributed by atoms with Gasteiger partial charge in [0.2, 0.25) is 0 Å². The van der Waals surface area contributed by atoms with Crippen molar-refractivity contribution in [1.29, 1.82) is 0 Å². The van der Waals surface area contributed by atoms with E-state index < -0.39 is 11.7 Å². The molecule has 0 aliphatic heterocycles. The van der Waals surface area contributed by atoms with Crippen molar-refractivity contribution in [2.24, 2.45) is 0 Å². The van der Waals surface area contributed by atoms with Crippen molar-refractivity contribution in [3.05, 3.63) is 108 Å². The third-order valence-corrected chi connectivity index (χ3v) is 5.99. The lowest BCUT2D eigenvalue weighted by atomic mass is 9.80. The van der Waals surface area contributed by atoms with E-state index in [1.54, 1.807) is 0 Å². The maximum Gasteiger partial charge on any atom is 0.143 e. The monoisotopic (exact) mass is 446 g/mol. The Bertz CT molecular complexity index is 784. The van der Waals surface area contributed by atoms with Crippen molar-refractivity contribution in [2.75, 3.05) is 19.8 Å². The molecule has 0 spiro atoms. The van der Waals surface area contributed by atoms with Crippen LogP contribution in [0.4, 0.5) is 0 Å². The van der Waals surface area contributed by atoms with Gasteiger partial charge in [0.15, 0.2) is 0 Å². The van der Waals surface area contributed by atoms with E-state index in [1.807, 2.05) is 54.6 Å². The highest BCUT2D eigenvalue weighted by molar-refractivity contribution is 5.47. The Morgan fingerprint density at radius 1 is 0.636 bits per heavy atom. The van der Waals surface area contributed by atoms with Crippen LogP contribution in [-0.4, -0.2) is 31.0 Å². The van der Waals surface area contributed by atoms with Gasteiger partial charge in [0.25, 0.3) is 0 Å². The molecule has 0 aliphatic rings. The average molecular weight is 447 g/mol. The van der Waals surface area contributed by atoms with Gasteiger partial charge in [0.1, 0.15) is 11.7 Å². The first-order valence-corrected chi connectivity index (χ1v) is 12.3. The lowest BCUT2D eigenvalue weighted by molar-refractivity contribution is -0.0641. The van der Waals surface area contributed by atoms with E-state index in [0.717, 1.165) is 23.1 Å². The molecular weight excluding hydrogens is 408 g/mol. The van der Waals surface area contributed by atoms with Crippen LogP contribution < -0.4 is 0 Å². The van der Waals surface area contributed by atoms with Crippen LogP contribution in [0.3, 0.4) is 0 Å². The fourth-order valence-corrected chi connectivity index (χ4v) is 4.24. The van der Waals surface area contributed by atoms with Crippen LogP contribution >= 0.6 is 0 Å². The quantitative estimate of drug-likeness (QED) is 0.208. The maximum atomic E-state index is 10.7. The molecule has 0 saturated heterocycles. The van der Waals surface area contributed by atoms with Crippen molar-refractivity contribution in [1.82, 2.24) is 0 Å². The SMILES string of the molecule is CCCCCCCCOCC(O)COC(c1ccccc1)(c1ccccc1)c1ccccc1. The Labute approximate surface area is 199 Å². The van der Waals surface area contributed by atoms with E-state index in [9.17, 15) is 5.11 Å². The first-order chi connectivity index (χ1) is 16.3. The van der Waals surface area contributed by atoms with Gasteiger partial charge >= 0.3 is 0 Å². The topological polar surface area (TPSA) is 38.7 Å². The molecule has 0 radical (unpaired) electrons. The second-order valence-corrected chi connectivity index (χ2v) is 8.59. The zero-order valence-corrected chi connectivity index (χ0v) is 19.9. The summed E-state index contributed by atoms with van der Waals surface area (Å²) < 4.78 is 12.4. The number of benzene rings is 3. The number of hydrogen-bond donors (Lipinski definition) is 1. The Morgan fingerprint density at radius 2 is 1.09 bits per heavy atom. The van der Waals surface area contributed by atoms with Gasteiger partial charge in [-0.3, -0.25) is 0 Å². The van der Waals surface area contributed by atoms with Crippen LogP contribution in [0.25, 0.3) is 0 Å². The van der Waals surface area contributed by atoms with E-state index >= 15 is 0 Å². The number of aliphatic hydroxyl groups excluding tert-OH is 1. The lowest BCUT2D eigenvalue weighted by Crippen LogP contribution is -2.36. The Kier molecular flexibility index (Phi) is 10.6. The molecule has 1 unspecified atom stereocenters. The highest BCUT2D eigenvalue weighted by Crippen LogP contribution is 2.40. The van der Waals surface area contributed by atoms with Crippen molar-refractivity contribution in [3.8, 4) is 0 Å². The summed E-state index contributed by atoms with van der Waals surface area (Å²) >= 11 is 0. The Hall–Kier alpha value is -2.46. The van der Waals surface area contributed by atoms with Crippen LogP contribution in [-0.2, 0) is 15.1 Å². The normalized spacial score (nSPS) is 12.5. The van der Waals surface area contributed by atoms with Gasteiger partial charge in [-0.05, 0) is 23.1 Å². The van der Waals surface area contributed by atoms with Crippen molar-refractivity contribution in [3.63, 3.8) is 0 Å². The molecule has 0 bridgehead atoms. The summed E-state index contributed by atoms with van der Waals surface area (Å²) in [6, 6.07) is 30.7. The van der Waals surface area contributed by atoms with Crippen molar-refractivity contribution >= 4 is 0 Å². The molecule has 3 rings (SSSR count). The minimum absolute atomic E-state index is 0.176. The number of hydrogen-bond acceptors (Lipinski definition) is 3. The fourth-order valence-electron chi connectivity index (χ4n) is 4.24. The van der Waals surface area contributed by atoms with Gasteiger partial charge in [0.05, 0.1) is 13.2 Å². The Balaban J connectivity index is 1.69. The Morgan fingerprint density at radius 3 is 1.58 bits per heavy atom. The van der Waals surface area contributed by atoms with Crippen molar-refractivity contribution in [2.45, 2.75) is 57.2 Å². The van der Waals surface area contributed by atoms with E-state index in [1.165, 1.54) is 32.1 Å². The highest BCUT2D eigenvalue weighted by atomic mass is 16.5. The minimum Gasteiger partial charge on any atom is -0.388 e. The summed E-state index contributed by atoms with van der Waals surface area (Å²) in [5.41, 5.74) is 2.28. The first-order valence-electron chi connectivity index (χ1n) is 12.3.